The van der Waals surface area contributed by atoms with Crippen molar-refractivity contribution in [2.75, 3.05) is 6.61 Å². The van der Waals surface area contributed by atoms with Gasteiger partial charge in [0.25, 0.3) is 0 Å². The molecule has 0 aliphatic carbocycles. The van der Waals surface area contributed by atoms with Crippen LogP contribution in [0.25, 0.3) is 0 Å². The molecule has 0 aromatic rings. The molecule has 0 amide bonds. The van der Waals surface area contributed by atoms with Crippen molar-refractivity contribution < 1.29 is 9.53 Å². The van der Waals surface area contributed by atoms with E-state index in [4.69, 9.17) is 10.00 Å². The van der Waals surface area contributed by atoms with Gasteiger partial charge in [0.2, 0.25) is 0 Å². The average Bonchev–Trinajstić information content (AvgIpc) is 2.04. The minimum absolute atomic E-state index is 0.0769. The zero-order valence-corrected chi connectivity index (χ0v) is 9.05. The van der Waals surface area contributed by atoms with Crippen LogP contribution in [0.3, 0.4) is 0 Å². The lowest BCUT2D eigenvalue weighted by atomic mass is 10.1. The molecule has 0 saturated heterocycles. The first-order chi connectivity index (χ1) is 6.52. The maximum atomic E-state index is 11.3. The number of esters is 1. The van der Waals surface area contributed by atoms with Gasteiger partial charge in [-0.3, -0.25) is 0 Å². The highest BCUT2D eigenvalue weighted by Crippen LogP contribution is 2.09. The molecule has 0 aromatic carbocycles. The fourth-order valence-corrected chi connectivity index (χ4v) is 1.00. The molecule has 0 unspecified atom stereocenters. The van der Waals surface area contributed by atoms with Crippen LogP contribution in [-0.2, 0) is 9.53 Å². The Morgan fingerprint density at radius 2 is 2.00 bits per heavy atom. The standard InChI is InChI=1S/C11H15NO2/c1-5-14-11(13)10(7-12)9(4)6-8(2)3/h6H,5H2,1-4H3/b10-9-. The van der Waals surface area contributed by atoms with Crippen LogP contribution in [0.15, 0.2) is 22.8 Å². The summed E-state index contributed by atoms with van der Waals surface area (Å²) in [6, 6.07) is 1.85. The lowest BCUT2D eigenvalue weighted by molar-refractivity contribution is -0.138. The number of allylic oxidation sites excluding steroid dienone is 3. The number of ether oxygens (including phenoxy) is 1. The number of carbonyl (C=O) groups is 1. The van der Waals surface area contributed by atoms with Crippen molar-refractivity contribution in [1.82, 2.24) is 0 Å². The van der Waals surface area contributed by atoms with E-state index in [1.165, 1.54) is 0 Å². The molecule has 76 valence electrons. The number of hydrogen-bond acceptors (Lipinski definition) is 3. The van der Waals surface area contributed by atoms with Crippen molar-refractivity contribution in [3.8, 4) is 6.07 Å². The average molecular weight is 193 g/mol. The van der Waals surface area contributed by atoms with E-state index in [9.17, 15) is 4.79 Å². The van der Waals surface area contributed by atoms with E-state index in [1.807, 2.05) is 19.9 Å². The lowest BCUT2D eigenvalue weighted by Gasteiger charge is -2.01. The molecule has 0 radical (unpaired) electrons. The number of rotatable bonds is 3. The van der Waals surface area contributed by atoms with Crippen molar-refractivity contribution in [2.45, 2.75) is 27.7 Å². The molecule has 0 fully saturated rings. The van der Waals surface area contributed by atoms with Gasteiger partial charge in [0.05, 0.1) is 6.61 Å². The maximum Gasteiger partial charge on any atom is 0.349 e. The van der Waals surface area contributed by atoms with Crippen molar-refractivity contribution in [3.63, 3.8) is 0 Å². The molecule has 0 aromatic heterocycles. The van der Waals surface area contributed by atoms with Crippen LogP contribution in [0.4, 0.5) is 0 Å². The van der Waals surface area contributed by atoms with Crippen LogP contribution < -0.4 is 0 Å². The molecule has 0 atom stereocenters. The Bertz CT molecular complexity index is 315. The lowest BCUT2D eigenvalue weighted by Crippen LogP contribution is -2.07. The summed E-state index contributed by atoms with van der Waals surface area (Å²) in [6.45, 7) is 7.53. The fourth-order valence-electron chi connectivity index (χ4n) is 1.00. The van der Waals surface area contributed by atoms with Gasteiger partial charge >= 0.3 is 5.97 Å². The van der Waals surface area contributed by atoms with Gasteiger partial charge in [-0.2, -0.15) is 5.26 Å². The predicted octanol–water partition coefficient (Wildman–Crippen LogP) is 2.36. The summed E-state index contributed by atoms with van der Waals surface area (Å²) < 4.78 is 4.75. The van der Waals surface area contributed by atoms with E-state index in [-0.39, 0.29) is 12.2 Å². The summed E-state index contributed by atoms with van der Waals surface area (Å²) in [5.74, 6) is -0.551. The number of nitrogens with zero attached hydrogens (tertiary/aromatic N) is 1. The van der Waals surface area contributed by atoms with Crippen molar-refractivity contribution >= 4 is 5.97 Å². The quantitative estimate of drug-likeness (QED) is 0.299. The smallest absolute Gasteiger partial charge is 0.349 e. The Hall–Kier alpha value is -1.56. The third-order valence-electron chi connectivity index (χ3n) is 1.49. The highest BCUT2D eigenvalue weighted by atomic mass is 16.5. The largest absolute Gasteiger partial charge is 0.462 e. The second kappa shape index (κ2) is 5.98. The first-order valence-electron chi connectivity index (χ1n) is 4.45. The van der Waals surface area contributed by atoms with Gasteiger partial charge in [0.1, 0.15) is 11.6 Å². The van der Waals surface area contributed by atoms with Crippen LogP contribution in [0.1, 0.15) is 27.7 Å². The normalized spacial score (nSPS) is 11.1. The number of nitriles is 1. The third kappa shape index (κ3) is 3.90. The first-order valence-corrected chi connectivity index (χ1v) is 4.45. The molecule has 0 heterocycles. The summed E-state index contributed by atoms with van der Waals surface area (Å²) >= 11 is 0. The Morgan fingerprint density at radius 3 is 2.36 bits per heavy atom. The molecule has 0 saturated carbocycles. The summed E-state index contributed by atoms with van der Waals surface area (Å²) in [5, 5.41) is 8.77. The van der Waals surface area contributed by atoms with E-state index < -0.39 is 5.97 Å². The minimum atomic E-state index is -0.551. The van der Waals surface area contributed by atoms with Crippen LogP contribution in [0.2, 0.25) is 0 Å². The first kappa shape index (κ1) is 12.4. The van der Waals surface area contributed by atoms with Crippen LogP contribution in [0, 0.1) is 11.3 Å². The molecule has 0 bridgehead atoms. The molecule has 0 spiro atoms. The SMILES string of the molecule is CCOC(=O)/C(C#N)=C(/C)C=C(C)C. The van der Waals surface area contributed by atoms with Gasteiger partial charge in [-0.1, -0.05) is 11.6 Å². The Labute approximate surface area is 84.7 Å². The summed E-state index contributed by atoms with van der Waals surface area (Å²) in [6.07, 6.45) is 1.79. The Morgan fingerprint density at radius 1 is 1.43 bits per heavy atom. The topological polar surface area (TPSA) is 50.1 Å². The molecule has 0 rings (SSSR count). The predicted molar refractivity (Wildman–Crippen MR) is 54.4 cm³/mol. The van der Waals surface area contributed by atoms with Crippen LogP contribution in [0.5, 0.6) is 0 Å². The molecular formula is C11H15NO2. The van der Waals surface area contributed by atoms with Gasteiger partial charge in [0.15, 0.2) is 0 Å². The fraction of sp³-hybridized carbons (Fsp3) is 0.455. The Kier molecular flexibility index (Phi) is 5.31. The number of carbonyl (C=O) groups excluding carboxylic acids is 1. The molecule has 3 heteroatoms. The zero-order valence-electron chi connectivity index (χ0n) is 9.05. The van der Waals surface area contributed by atoms with Gasteiger partial charge in [0, 0.05) is 0 Å². The third-order valence-corrected chi connectivity index (χ3v) is 1.49. The van der Waals surface area contributed by atoms with Crippen molar-refractivity contribution in [2.24, 2.45) is 0 Å². The second-order valence-electron chi connectivity index (χ2n) is 3.11. The van der Waals surface area contributed by atoms with Gasteiger partial charge < -0.3 is 4.74 Å². The zero-order chi connectivity index (χ0) is 11.1. The molecular weight excluding hydrogens is 178 g/mol. The van der Waals surface area contributed by atoms with Crippen LogP contribution >= 0.6 is 0 Å². The molecule has 0 aliphatic heterocycles. The maximum absolute atomic E-state index is 11.3. The van der Waals surface area contributed by atoms with Crippen LogP contribution in [-0.4, -0.2) is 12.6 Å². The van der Waals surface area contributed by atoms with E-state index in [0.29, 0.717) is 5.57 Å². The van der Waals surface area contributed by atoms with Gasteiger partial charge in [-0.15, -0.1) is 0 Å². The van der Waals surface area contributed by atoms with Gasteiger partial charge in [-0.05, 0) is 33.3 Å². The summed E-state index contributed by atoms with van der Waals surface area (Å²) in [7, 11) is 0. The molecule has 3 nitrogen and oxygen atoms in total. The highest BCUT2D eigenvalue weighted by molar-refractivity contribution is 5.94. The molecule has 0 aliphatic rings. The number of hydrogen-bond donors (Lipinski definition) is 0. The molecule has 0 N–H and O–H groups in total. The van der Waals surface area contributed by atoms with E-state index in [2.05, 4.69) is 0 Å². The summed E-state index contributed by atoms with van der Waals surface area (Å²) in [4.78, 5) is 11.3. The molecule has 14 heavy (non-hydrogen) atoms. The summed E-state index contributed by atoms with van der Waals surface area (Å²) in [5.41, 5.74) is 1.76. The van der Waals surface area contributed by atoms with E-state index in [0.717, 1.165) is 5.57 Å². The highest BCUT2D eigenvalue weighted by Gasteiger charge is 2.11. The second-order valence-corrected chi connectivity index (χ2v) is 3.11. The van der Waals surface area contributed by atoms with E-state index >= 15 is 0 Å². The Balaban J connectivity index is 4.97. The van der Waals surface area contributed by atoms with E-state index in [1.54, 1.807) is 19.9 Å². The monoisotopic (exact) mass is 193 g/mol. The van der Waals surface area contributed by atoms with Gasteiger partial charge in [-0.25, -0.2) is 4.79 Å². The van der Waals surface area contributed by atoms with Crippen molar-refractivity contribution in [3.05, 3.63) is 22.8 Å². The van der Waals surface area contributed by atoms with Crippen molar-refractivity contribution in [1.29, 1.82) is 5.26 Å². The minimum Gasteiger partial charge on any atom is -0.462 e.